The standard InChI is InChI=1S/C21H23N3O5/c1-14-11-17(15(2)22(14)9-10-29-3)18(25)13-24-20(27)19(26)23(21(24)28)12-16-7-5-4-6-8-16/h4-8,11H,9-10,12-13H2,1-3H3. The molecule has 29 heavy (non-hydrogen) atoms. The third-order valence-corrected chi connectivity index (χ3v) is 5.01. The Bertz CT molecular complexity index is 964. The summed E-state index contributed by atoms with van der Waals surface area (Å²) < 4.78 is 7.03. The molecule has 1 aliphatic rings. The van der Waals surface area contributed by atoms with Crippen LogP contribution in [0.5, 0.6) is 0 Å². The number of ketones is 1. The van der Waals surface area contributed by atoms with Crippen LogP contribution in [-0.4, -0.2) is 58.3 Å². The topological polar surface area (TPSA) is 88.9 Å². The van der Waals surface area contributed by atoms with E-state index < -0.39 is 30.2 Å². The van der Waals surface area contributed by atoms with Gasteiger partial charge in [0.1, 0.15) is 0 Å². The number of aromatic nitrogens is 1. The SMILES string of the molecule is COCCn1c(C)cc(C(=O)CN2C(=O)C(=O)N(Cc3ccccc3)C2=O)c1C. The van der Waals surface area contributed by atoms with Gasteiger partial charge in [-0.25, -0.2) is 9.69 Å². The predicted molar refractivity (Wildman–Crippen MR) is 104 cm³/mol. The van der Waals surface area contributed by atoms with Crippen LogP contribution < -0.4 is 0 Å². The van der Waals surface area contributed by atoms with Crippen molar-refractivity contribution in [3.63, 3.8) is 0 Å². The van der Waals surface area contributed by atoms with Gasteiger partial charge in [-0.15, -0.1) is 0 Å². The number of aryl methyl sites for hydroxylation is 1. The van der Waals surface area contributed by atoms with E-state index in [1.807, 2.05) is 17.6 Å². The second kappa shape index (κ2) is 8.40. The van der Waals surface area contributed by atoms with Crippen molar-refractivity contribution in [1.82, 2.24) is 14.4 Å². The molecule has 0 atom stereocenters. The average Bonchev–Trinajstić information content (AvgIpc) is 3.10. The Kier molecular flexibility index (Phi) is 5.93. The minimum atomic E-state index is -0.979. The highest BCUT2D eigenvalue weighted by Crippen LogP contribution is 2.20. The van der Waals surface area contributed by atoms with E-state index in [-0.39, 0.29) is 6.54 Å². The molecule has 0 spiro atoms. The minimum Gasteiger partial charge on any atom is -0.383 e. The Balaban J connectivity index is 1.76. The maximum absolute atomic E-state index is 12.8. The van der Waals surface area contributed by atoms with Gasteiger partial charge in [0.15, 0.2) is 5.78 Å². The zero-order valence-electron chi connectivity index (χ0n) is 16.7. The van der Waals surface area contributed by atoms with Gasteiger partial charge in [0.05, 0.1) is 19.7 Å². The molecule has 0 unspecified atom stereocenters. The second-order valence-electron chi connectivity index (χ2n) is 6.90. The molecule has 8 heteroatoms. The number of carbonyl (C=O) groups is 4. The van der Waals surface area contributed by atoms with Gasteiger partial charge in [-0.2, -0.15) is 0 Å². The molecule has 2 aromatic rings. The zero-order valence-corrected chi connectivity index (χ0v) is 16.7. The zero-order chi connectivity index (χ0) is 21.1. The Hall–Kier alpha value is -3.26. The summed E-state index contributed by atoms with van der Waals surface area (Å²) in [6.45, 7) is 4.28. The fourth-order valence-electron chi connectivity index (χ4n) is 3.43. The lowest BCUT2D eigenvalue weighted by Gasteiger charge is -2.15. The van der Waals surface area contributed by atoms with Crippen LogP contribution in [0.4, 0.5) is 4.79 Å². The molecular formula is C21H23N3O5. The van der Waals surface area contributed by atoms with E-state index in [4.69, 9.17) is 4.74 Å². The number of imide groups is 2. The molecule has 0 aliphatic carbocycles. The first kappa shape index (κ1) is 20.5. The summed E-state index contributed by atoms with van der Waals surface area (Å²) in [7, 11) is 1.60. The number of amides is 4. The molecule has 2 heterocycles. The van der Waals surface area contributed by atoms with Gasteiger partial charge < -0.3 is 9.30 Å². The quantitative estimate of drug-likeness (QED) is 0.386. The van der Waals surface area contributed by atoms with Crippen LogP contribution in [0.3, 0.4) is 0 Å². The Morgan fingerprint density at radius 1 is 1.00 bits per heavy atom. The lowest BCUT2D eigenvalue weighted by atomic mass is 10.1. The van der Waals surface area contributed by atoms with Gasteiger partial charge in [-0.1, -0.05) is 30.3 Å². The predicted octanol–water partition coefficient (Wildman–Crippen LogP) is 1.93. The Morgan fingerprint density at radius 2 is 1.66 bits per heavy atom. The number of carbonyl (C=O) groups excluding carboxylic acids is 4. The van der Waals surface area contributed by atoms with Crippen LogP contribution >= 0.6 is 0 Å². The fraction of sp³-hybridized carbons (Fsp3) is 0.333. The van der Waals surface area contributed by atoms with Gasteiger partial charge in [0, 0.05) is 30.6 Å². The first-order chi connectivity index (χ1) is 13.8. The summed E-state index contributed by atoms with van der Waals surface area (Å²) in [5.74, 6) is -2.29. The van der Waals surface area contributed by atoms with Crippen LogP contribution in [-0.2, 0) is 27.4 Å². The van der Waals surface area contributed by atoms with E-state index >= 15 is 0 Å². The summed E-state index contributed by atoms with van der Waals surface area (Å²) in [6, 6.07) is 9.84. The van der Waals surface area contributed by atoms with Crippen molar-refractivity contribution in [2.45, 2.75) is 26.9 Å². The van der Waals surface area contributed by atoms with Gasteiger partial charge in [0.2, 0.25) is 0 Å². The number of Topliss-reactive ketones (excluding diaryl/α,β-unsaturated/α-hetero) is 1. The number of rotatable bonds is 8. The molecular weight excluding hydrogens is 374 g/mol. The van der Waals surface area contributed by atoms with Gasteiger partial charge in [0.25, 0.3) is 0 Å². The smallest absolute Gasteiger partial charge is 0.334 e. The van der Waals surface area contributed by atoms with E-state index in [9.17, 15) is 19.2 Å². The summed E-state index contributed by atoms with van der Waals surface area (Å²) in [5, 5.41) is 0. The molecule has 1 aromatic heterocycles. The second-order valence-corrected chi connectivity index (χ2v) is 6.90. The van der Waals surface area contributed by atoms with E-state index in [2.05, 4.69) is 0 Å². The molecule has 1 fully saturated rings. The molecule has 8 nitrogen and oxygen atoms in total. The maximum Gasteiger partial charge on any atom is 0.334 e. The number of hydrogen-bond donors (Lipinski definition) is 0. The molecule has 3 rings (SSSR count). The average molecular weight is 397 g/mol. The van der Waals surface area contributed by atoms with Crippen molar-refractivity contribution >= 4 is 23.6 Å². The van der Waals surface area contributed by atoms with Crippen LogP contribution in [0, 0.1) is 13.8 Å². The molecule has 4 amide bonds. The highest BCUT2D eigenvalue weighted by atomic mass is 16.5. The van der Waals surface area contributed by atoms with Crippen LogP contribution in [0.25, 0.3) is 0 Å². The van der Waals surface area contributed by atoms with Crippen molar-refractivity contribution in [3.05, 3.63) is 58.9 Å². The third-order valence-electron chi connectivity index (χ3n) is 5.01. The van der Waals surface area contributed by atoms with Gasteiger partial charge >= 0.3 is 17.8 Å². The molecule has 1 saturated heterocycles. The molecule has 152 valence electrons. The van der Waals surface area contributed by atoms with Gasteiger partial charge in [-0.3, -0.25) is 19.3 Å². The first-order valence-electron chi connectivity index (χ1n) is 9.25. The van der Waals surface area contributed by atoms with E-state index in [1.165, 1.54) is 0 Å². The number of hydrogen-bond acceptors (Lipinski definition) is 5. The molecule has 1 aromatic carbocycles. The highest BCUT2D eigenvalue weighted by molar-refractivity contribution is 6.45. The Morgan fingerprint density at radius 3 is 2.31 bits per heavy atom. The highest BCUT2D eigenvalue weighted by Gasteiger charge is 2.45. The molecule has 0 bridgehead atoms. The summed E-state index contributed by atoms with van der Waals surface area (Å²) in [5.41, 5.74) is 2.75. The fourth-order valence-corrected chi connectivity index (χ4v) is 3.43. The Labute approximate surface area is 168 Å². The van der Waals surface area contributed by atoms with E-state index in [0.29, 0.717) is 18.7 Å². The van der Waals surface area contributed by atoms with Crippen molar-refractivity contribution in [2.24, 2.45) is 0 Å². The molecule has 0 saturated carbocycles. The first-order valence-corrected chi connectivity index (χ1v) is 9.25. The molecule has 0 N–H and O–H groups in total. The summed E-state index contributed by atoms with van der Waals surface area (Å²) in [4.78, 5) is 51.6. The number of nitrogens with zero attached hydrogens (tertiary/aromatic N) is 3. The van der Waals surface area contributed by atoms with Crippen molar-refractivity contribution in [1.29, 1.82) is 0 Å². The van der Waals surface area contributed by atoms with Crippen molar-refractivity contribution in [3.8, 4) is 0 Å². The minimum absolute atomic E-state index is 0.0134. The van der Waals surface area contributed by atoms with Crippen molar-refractivity contribution < 1.29 is 23.9 Å². The summed E-state index contributed by atoms with van der Waals surface area (Å²) in [6.07, 6.45) is 0. The summed E-state index contributed by atoms with van der Waals surface area (Å²) >= 11 is 0. The van der Waals surface area contributed by atoms with Crippen LogP contribution in [0.15, 0.2) is 36.4 Å². The monoisotopic (exact) mass is 397 g/mol. The molecule has 1 aliphatic heterocycles. The van der Waals surface area contributed by atoms with E-state index in [0.717, 1.165) is 26.8 Å². The van der Waals surface area contributed by atoms with Crippen LogP contribution in [0.1, 0.15) is 27.3 Å². The number of ether oxygens (including phenoxy) is 1. The number of benzene rings is 1. The number of urea groups is 1. The lowest BCUT2D eigenvalue weighted by molar-refractivity contribution is -0.143. The maximum atomic E-state index is 12.8. The largest absolute Gasteiger partial charge is 0.383 e. The lowest BCUT2D eigenvalue weighted by Crippen LogP contribution is -2.37. The van der Waals surface area contributed by atoms with Gasteiger partial charge in [-0.05, 0) is 25.5 Å². The number of methoxy groups -OCH3 is 1. The van der Waals surface area contributed by atoms with Crippen molar-refractivity contribution in [2.75, 3.05) is 20.3 Å². The molecule has 0 radical (unpaired) electrons. The van der Waals surface area contributed by atoms with Crippen LogP contribution in [0.2, 0.25) is 0 Å². The normalized spacial score (nSPS) is 14.2. The third kappa shape index (κ3) is 3.97. The van der Waals surface area contributed by atoms with E-state index in [1.54, 1.807) is 44.4 Å².